The van der Waals surface area contributed by atoms with Crippen molar-refractivity contribution in [1.29, 1.82) is 5.26 Å². The molecule has 156 valence electrons. The fourth-order valence-electron chi connectivity index (χ4n) is 4.62. The lowest BCUT2D eigenvalue weighted by Gasteiger charge is -2.39. The molecule has 1 amide bonds. The number of carbonyl (C=O) groups is 1. The van der Waals surface area contributed by atoms with Crippen molar-refractivity contribution in [2.45, 2.75) is 18.9 Å². The predicted molar refractivity (Wildman–Crippen MR) is 110 cm³/mol. The van der Waals surface area contributed by atoms with Gasteiger partial charge in [0.1, 0.15) is 17.3 Å². The van der Waals surface area contributed by atoms with Crippen LogP contribution < -0.4 is 4.90 Å². The van der Waals surface area contributed by atoms with Gasteiger partial charge in [-0.15, -0.1) is 0 Å². The number of nitrogens with zero attached hydrogens (tertiary/aromatic N) is 7. The summed E-state index contributed by atoms with van der Waals surface area (Å²) in [5.74, 6) is 0.616. The third-order valence-electron chi connectivity index (χ3n) is 6.14. The van der Waals surface area contributed by atoms with Crippen LogP contribution in [-0.2, 0) is 0 Å². The van der Waals surface area contributed by atoms with Crippen molar-refractivity contribution >= 4 is 11.7 Å². The zero-order valence-electron chi connectivity index (χ0n) is 16.7. The molecule has 0 N–H and O–H groups in total. The maximum atomic E-state index is 13.9. The van der Waals surface area contributed by atoms with E-state index in [9.17, 15) is 14.4 Å². The number of nitriles is 1. The summed E-state index contributed by atoms with van der Waals surface area (Å²) in [6.07, 6.45) is 6.55. The van der Waals surface area contributed by atoms with Crippen molar-refractivity contribution in [1.82, 2.24) is 24.9 Å². The molecule has 3 aromatic rings. The minimum Gasteiger partial charge on any atom is -0.352 e. The van der Waals surface area contributed by atoms with E-state index in [-0.39, 0.29) is 11.9 Å². The predicted octanol–water partition coefficient (Wildman–Crippen LogP) is 2.41. The maximum absolute atomic E-state index is 13.9. The van der Waals surface area contributed by atoms with E-state index in [0.717, 1.165) is 25.2 Å². The fraction of sp³-hybridized carbons (Fsp3) is 0.318. The summed E-state index contributed by atoms with van der Waals surface area (Å²) >= 11 is 0. The number of piperidine rings is 1. The largest absolute Gasteiger partial charge is 0.352 e. The third kappa shape index (κ3) is 3.50. The Hall–Kier alpha value is -3.80. The number of likely N-dealkylation sites (tertiary alicyclic amines) is 1. The molecule has 2 fully saturated rings. The number of fused-ring (bicyclic) bond motifs is 1. The van der Waals surface area contributed by atoms with Crippen LogP contribution in [0.2, 0.25) is 0 Å². The number of aromatic nitrogens is 4. The molecule has 31 heavy (non-hydrogen) atoms. The number of pyridine rings is 1. The maximum Gasteiger partial charge on any atom is 0.256 e. The van der Waals surface area contributed by atoms with Crippen molar-refractivity contribution in [2.75, 3.05) is 24.5 Å². The monoisotopic (exact) mass is 417 g/mol. The standard InChI is InChI=1S/C22H20FN7O/c23-17-1-2-18(19(12-17)30-26-7-8-27-30)22(31)28-9-4-16-5-10-29(20(16)14-28)21-11-15(13-24)3-6-25-21/h1-3,6-8,11-12,16,20H,4-5,9-10,14H2/t16-,20-/m0/s1. The minimum atomic E-state index is -0.451. The minimum absolute atomic E-state index is 0.130. The Morgan fingerprint density at radius 2 is 1.90 bits per heavy atom. The molecule has 0 saturated carbocycles. The normalized spacial score (nSPS) is 20.4. The molecule has 0 aliphatic carbocycles. The van der Waals surface area contributed by atoms with Gasteiger partial charge in [-0.25, -0.2) is 9.37 Å². The molecule has 0 unspecified atom stereocenters. The molecule has 5 rings (SSSR count). The zero-order valence-corrected chi connectivity index (χ0v) is 16.7. The van der Waals surface area contributed by atoms with Gasteiger partial charge in [-0.05, 0) is 43.0 Å². The van der Waals surface area contributed by atoms with Crippen LogP contribution in [0.3, 0.4) is 0 Å². The van der Waals surface area contributed by atoms with Gasteiger partial charge in [0.05, 0.1) is 35.6 Å². The summed E-state index contributed by atoms with van der Waals surface area (Å²) in [5.41, 5.74) is 1.26. The van der Waals surface area contributed by atoms with Crippen molar-refractivity contribution in [3.8, 4) is 11.8 Å². The lowest BCUT2D eigenvalue weighted by atomic mass is 9.91. The van der Waals surface area contributed by atoms with Gasteiger partial charge in [-0.3, -0.25) is 4.79 Å². The number of hydrogen-bond acceptors (Lipinski definition) is 6. The number of amides is 1. The summed E-state index contributed by atoms with van der Waals surface area (Å²) in [7, 11) is 0. The molecule has 4 heterocycles. The van der Waals surface area contributed by atoms with Gasteiger partial charge in [-0.2, -0.15) is 20.3 Å². The van der Waals surface area contributed by atoms with Gasteiger partial charge in [0.2, 0.25) is 0 Å². The van der Waals surface area contributed by atoms with E-state index in [4.69, 9.17) is 0 Å². The quantitative estimate of drug-likeness (QED) is 0.650. The van der Waals surface area contributed by atoms with Crippen LogP contribution in [0.25, 0.3) is 5.69 Å². The second-order valence-corrected chi connectivity index (χ2v) is 7.84. The molecule has 2 saturated heterocycles. The molecule has 2 atom stereocenters. The van der Waals surface area contributed by atoms with Crippen LogP contribution in [0.5, 0.6) is 0 Å². The Labute approximate surface area is 178 Å². The highest BCUT2D eigenvalue weighted by molar-refractivity contribution is 5.97. The van der Waals surface area contributed by atoms with Gasteiger partial charge in [0.15, 0.2) is 0 Å². The van der Waals surface area contributed by atoms with E-state index < -0.39 is 5.82 Å². The number of halogens is 1. The lowest BCUT2D eigenvalue weighted by molar-refractivity contribution is 0.0678. The Kier molecular flexibility index (Phi) is 4.82. The van der Waals surface area contributed by atoms with E-state index >= 15 is 0 Å². The highest BCUT2D eigenvalue weighted by atomic mass is 19.1. The lowest BCUT2D eigenvalue weighted by Crippen LogP contribution is -2.50. The van der Waals surface area contributed by atoms with Gasteiger partial charge in [0.25, 0.3) is 5.91 Å². The molecule has 1 aromatic carbocycles. The van der Waals surface area contributed by atoms with Crippen LogP contribution in [0.1, 0.15) is 28.8 Å². The van der Waals surface area contributed by atoms with E-state index in [1.807, 2.05) is 4.90 Å². The van der Waals surface area contributed by atoms with Crippen LogP contribution in [0.4, 0.5) is 10.2 Å². The summed E-state index contributed by atoms with van der Waals surface area (Å²) in [4.78, 5) is 23.2. The molecule has 2 aliphatic rings. The molecule has 8 nitrogen and oxygen atoms in total. The Morgan fingerprint density at radius 3 is 2.71 bits per heavy atom. The molecule has 9 heteroatoms. The smallest absolute Gasteiger partial charge is 0.256 e. The van der Waals surface area contributed by atoms with Crippen molar-refractivity contribution in [3.63, 3.8) is 0 Å². The molecule has 0 radical (unpaired) electrons. The van der Waals surface area contributed by atoms with Gasteiger partial charge in [0, 0.05) is 31.9 Å². The van der Waals surface area contributed by atoms with Gasteiger partial charge < -0.3 is 9.80 Å². The van der Waals surface area contributed by atoms with Crippen LogP contribution in [0, 0.1) is 23.1 Å². The van der Waals surface area contributed by atoms with E-state index in [1.165, 1.54) is 35.4 Å². The first-order valence-corrected chi connectivity index (χ1v) is 10.2. The number of benzene rings is 1. The zero-order chi connectivity index (χ0) is 21.4. The third-order valence-corrected chi connectivity index (χ3v) is 6.14. The number of rotatable bonds is 3. The summed E-state index contributed by atoms with van der Waals surface area (Å²) in [6.45, 7) is 2.03. The first-order valence-electron chi connectivity index (χ1n) is 10.2. The summed E-state index contributed by atoms with van der Waals surface area (Å²) in [5, 5.41) is 17.3. The van der Waals surface area contributed by atoms with E-state index in [2.05, 4.69) is 26.2 Å². The average molecular weight is 417 g/mol. The number of hydrogen-bond donors (Lipinski definition) is 0. The number of carbonyl (C=O) groups excluding carboxylic acids is 1. The second kappa shape index (κ2) is 7.80. The Morgan fingerprint density at radius 1 is 1.10 bits per heavy atom. The highest BCUT2D eigenvalue weighted by Crippen LogP contribution is 2.35. The molecular weight excluding hydrogens is 397 g/mol. The summed E-state index contributed by atoms with van der Waals surface area (Å²) in [6, 6.07) is 9.83. The van der Waals surface area contributed by atoms with Crippen LogP contribution in [0.15, 0.2) is 48.9 Å². The molecule has 0 bridgehead atoms. The first-order chi connectivity index (χ1) is 15.1. The molecule has 2 aliphatic heterocycles. The first kappa shape index (κ1) is 19.2. The van der Waals surface area contributed by atoms with Gasteiger partial charge >= 0.3 is 0 Å². The van der Waals surface area contributed by atoms with Crippen LogP contribution >= 0.6 is 0 Å². The van der Waals surface area contributed by atoms with Crippen LogP contribution in [-0.4, -0.2) is 56.5 Å². The highest BCUT2D eigenvalue weighted by Gasteiger charge is 2.40. The summed E-state index contributed by atoms with van der Waals surface area (Å²) < 4.78 is 13.9. The average Bonchev–Trinajstić information content (AvgIpc) is 3.48. The molecular formula is C22H20FN7O. The fourth-order valence-corrected chi connectivity index (χ4v) is 4.62. The SMILES string of the molecule is N#Cc1ccnc(N2CC[C@@H]3CCN(C(=O)c4ccc(F)cc4-n4nccn4)C[C@@H]32)c1. The van der Waals surface area contributed by atoms with Crippen molar-refractivity contribution < 1.29 is 9.18 Å². The van der Waals surface area contributed by atoms with Gasteiger partial charge in [-0.1, -0.05) is 0 Å². The molecule has 2 aromatic heterocycles. The topological polar surface area (TPSA) is 90.9 Å². The van der Waals surface area contributed by atoms with E-state index in [0.29, 0.717) is 35.8 Å². The van der Waals surface area contributed by atoms with Crippen molar-refractivity contribution in [2.24, 2.45) is 5.92 Å². The Bertz CT molecular complexity index is 1160. The van der Waals surface area contributed by atoms with E-state index in [1.54, 1.807) is 18.3 Å². The molecule has 0 spiro atoms. The second-order valence-electron chi connectivity index (χ2n) is 7.84. The van der Waals surface area contributed by atoms with Crippen molar-refractivity contribution in [3.05, 3.63) is 65.9 Å². The number of anilines is 1. The Balaban J connectivity index is 1.42.